The molecule has 2 rings (SSSR count). The number of carboxylic acid groups (broad SMARTS) is 1. The van der Waals surface area contributed by atoms with E-state index in [2.05, 4.69) is 10.3 Å². The van der Waals surface area contributed by atoms with E-state index in [1.54, 1.807) is 17.7 Å². The third-order valence-corrected chi connectivity index (χ3v) is 6.01. The highest BCUT2D eigenvalue weighted by molar-refractivity contribution is 8.03. The Morgan fingerprint density at radius 3 is 2.75 bits per heavy atom. The van der Waals surface area contributed by atoms with Crippen molar-refractivity contribution >= 4 is 51.0 Å². The number of aliphatic imine (C=N–C) groups is 1. The Morgan fingerprint density at radius 1 is 1.42 bits per heavy atom. The van der Waals surface area contributed by atoms with Crippen LogP contribution in [-0.2, 0) is 14.8 Å². The summed E-state index contributed by atoms with van der Waals surface area (Å²) in [4.78, 5) is 27.0. The number of nitrogens with one attached hydrogen (secondary N) is 2. The molecule has 0 saturated carbocycles. The molecule has 12 heteroatoms. The van der Waals surface area contributed by atoms with Crippen molar-refractivity contribution in [2.75, 3.05) is 7.11 Å². The van der Waals surface area contributed by atoms with E-state index in [1.807, 2.05) is 0 Å². The predicted molar refractivity (Wildman–Crippen MR) is 89.7 cm³/mol. The molecule has 0 bridgehead atoms. The number of hydrogen-bond acceptors (Lipinski definition) is 8. The van der Waals surface area contributed by atoms with Crippen LogP contribution in [0.15, 0.2) is 32.3 Å². The molecule has 3 N–H and O–H groups in total. The van der Waals surface area contributed by atoms with Gasteiger partial charge < -0.3 is 15.2 Å². The fraction of sp³-hybridized carbons (Fsp3) is 0.250. The molecule has 130 valence electrons. The number of hydrogen-bond donors (Lipinski definition) is 3. The van der Waals surface area contributed by atoms with Crippen LogP contribution in [0.5, 0.6) is 0 Å². The molecule has 0 fully saturated rings. The number of carboxylic acids is 1. The van der Waals surface area contributed by atoms with Gasteiger partial charge in [-0.15, -0.1) is 11.3 Å². The molecule has 9 nitrogen and oxygen atoms in total. The summed E-state index contributed by atoms with van der Waals surface area (Å²) < 4.78 is 31.0. The molecule has 0 aromatic carbocycles. The van der Waals surface area contributed by atoms with Crippen molar-refractivity contribution < 1.29 is 27.9 Å². The van der Waals surface area contributed by atoms with E-state index in [1.165, 1.54) is 24.3 Å². The summed E-state index contributed by atoms with van der Waals surface area (Å²) in [5.74, 6) is -1.09. The van der Waals surface area contributed by atoms with Crippen LogP contribution in [0.2, 0.25) is 0 Å². The number of amides is 2. The topological polar surface area (TPSA) is 134 Å². The predicted octanol–water partition coefficient (Wildman–Crippen LogP) is 1.41. The Labute approximate surface area is 145 Å². The highest BCUT2D eigenvalue weighted by atomic mass is 32.2. The van der Waals surface area contributed by atoms with Crippen LogP contribution in [0.4, 0.5) is 4.79 Å². The molecular weight excluding hydrogens is 378 g/mol. The number of carbonyl (C=O) groups is 2. The summed E-state index contributed by atoms with van der Waals surface area (Å²) in [6.07, 6.45) is 1.67. The number of rotatable bonds is 4. The first-order valence-electron chi connectivity index (χ1n) is 6.34. The Kier molecular flexibility index (Phi) is 5.51. The van der Waals surface area contributed by atoms with Gasteiger partial charge in [0.25, 0.3) is 10.0 Å². The molecule has 2 heterocycles. The second kappa shape index (κ2) is 7.23. The van der Waals surface area contributed by atoms with Crippen LogP contribution in [0.3, 0.4) is 0 Å². The highest BCUT2D eigenvalue weighted by Crippen LogP contribution is 2.25. The molecule has 1 atom stereocenters. The quantitative estimate of drug-likeness (QED) is 0.706. The van der Waals surface area contributed by atoms with Crippen LogP contribution in [0, 0.1) is 0 Å². The van der Waals surface area contributed by atoms with Crippen molar-refractivity contribution in [3.63, 3.8) is 0 Å². The summed E-state index contributed by atoms with van der Waals surface area (Å²) in [7, 11) is -2.89. The van der Waals surface area contributed by atoms with Crippen molar-refractivity contribution in [2.45, 2.75) is 17.3 Å². The molecule has 1 aliphatic heterocycles. The molecule has 1 aromatic heterocycles. The number of methoxy groups -OCH3 is 1. The molecule has 1 aliphatic rings. The lowest BCUT2D eigenvalue weighted by Crippen LogP contribution is -2.43. The van der Waals surface area contributed by atoms with Gasteiger partial charge in [0.2, 0.25) is 5.90 Å². The molecular formula is C12H13N3O6S3. The fourth-order valence-corrected chi connectivity index (χ4v) is 4.74. The summed E-state index contributed by atoms with van der Waals surface area (Å²) in [6.45, 7) is 1.78. The van der Waals surface area contributed by atoms with Gasteiger partial charge in [0, 0.05) is 6.08 Å². The lowest BCUT2D eigenvalue weighted by atomic mass is 10.5. The maximum Gasteiger partial charge on any atom is 0.347 e. The van der Waals surface area contributed by atoms with Gasteiger partial charge in [-0.3, -0.25) is 0 Å². The molecule has 0 aliphatic carbocycles. The first-order valence-corrected chi connectivity index (χ1v) is 9.58. The lowest BCUT2D eigenvalue weighted by molar-refractivity contribution is 0.0698. The zero-order valence-electron chi connectivity index (χ0n) is 12.5. The van der Waals surface area contributed by atoms with Gasteiger partial charge in [-0.25, -0.2) is 27.7 Å². The second-order valence-corrected chi connectivity index (χ2v) is 8.29. The van der Waals surface area contributed by atoms with E-state index in [0.717, 1.165) is 22.3 Å². The van der Waals surface area contributed by atoms with Crippen LogP contribution in [0.25, 0.3) is 0 Å². The monoisotopic (exact) mass is 391 g/mol. The van der Waals surface area contributed by atoms with Gasteiger partial charge in [0.05, 0.1) is 7.11 Å². The van der Waals surface area contributed by atoms with E-state index in [0.29, 0.717) is 5.90 Å². The van der Waals surface area contributed by atoms with E-state index < -0.39 is 32.4 Å². The Morgan fingerprint density at radius 2 is 2.12 bits per heavy atom. The Bertz CT molecular complexity index is 827. The zero-order chi connectivity index (χ0) is 17.9. The minimum absolute atomic E-state index is 0.297. The van der Waals surface area contributed by atoms with E-state index in [9.17, 15) is 18.0 Å². The minimum atomic E-state index is -4.31. The summed E-state index contributed by atoms with van der Waals surface area (Å²) in [6, 6.07) is 0.0941. The first kappa shape index (κ1) is 18.3. The molecule has 1 unspecified atom stereocenters. The van der Waals surface area contributed by atoms with Crippen LogP contribution < -0.4 is 10.0 Å². The number of urea groups is 1. The fourth-order valence-electron chi connectivity index (χ4n) is 1.72. The summed E-state index contributed by atoms with van der Waals surface area (Å²) >= 11 is 1.95. The van der Waals surface area contributed by atoms with Crippen molar-refractivity contribution in [3.05, 3.63) is 27.3 Å². The average molecular weight is 391 g/mol. The van der Waals surface area contributed by atoms with E-state index in [4.69, 9.17) is 9.84 Å². The smallest absolute Gasteiger partial charge is 0.347 e. The average Bonchev–Trinajstić information content (AvgIpc) is 2.96. The maximum absolute atomic E-state index is 12.1. The minimum Gasteiger partial charge on any atom is -0.481 e. The number of ether oxygens (including phenoxy) is 1. The largest absolute Gasteiger partial charge is 0.481 e. The normalized spacial score (nSPS) is 17.5. The third kappa shape index (κ3) is 4.27. The highest BCUT2D eigenvalue weighted by Gasteiger charge is 2.27. The number of carbonyl (C=O) groups excluding carboxylic acids is 1. The molecule has 0 spiro atoms. The van der Waals surface area contributed by atoms with Gasteiger partial charge >= 0.3 is 12.0 Å². The van der Waals surface area contributed by atoms with Crippen molar-refractivity contribution in [3.8, 4) is 0 Å². The number of aromatic carboxylic acids is 1. The zero-order valence-corrected chi connectivity index (χ0v) is 14.9. The number of nitrogens with zero attached hydrogens (tertiary/aromatic N) is 1. The van der Waals surface area contributed by atoms with Gasteiger partial charge in [0.15, 0.2) is 5.50 Å². The number of sulfonamides is 1. The molecule has 24 heavy (non-hydrogen) atoms. The van der Waals surface area contributed by atoms with Crippen molar-refractivity contribution in [1.82, 2.24) is 10.0 Å². The lowest BCUT2D eigenvalue weighted by Gasteiger charge is -2.19. The standard InChI is InChI=1S/C12H13N3O6S3/c1-6-5-8(21-2)13-12(23-6)14-11(18)15-24(19,20)7-3-4-22-9(7)10(16)17/h3-5,12H,1-2H3,(H,16,17)(H2,14,15,18). The Balaban J connectivity index is 2.09. The maximum atomic E-state index is 12.1. The number of thioether (sulfide) groups is 1. The SMILES string of the molecule is COC1=NC(NC(=O)NS(=O)(=O)c2ccsc2C(=O)O)SC(C)=C1. The van der Waals surface area contributed by atoms with Crippen LogP contribution in [-0.4, -0.2) is 44.0 Å². The Hall–Kier alpha value is -2.05. The molecule has 1 aromatic rings. The second-order valence-electron chi connectivity index (χ2n) is 4.39. The van der Waals surface area contributed by atoms with Gasteiger partial charge in [-0.05, 0) is 23.3 Å². The third-order valence-electron chi connectivity index (χ3n) is 2.67. The van der Waals surface area contributed by atoms with E-state index >= 15 is 0 Å². The summed E-state index contributed by atoms with van der Waals surface area (Å²) in [5, 5.41) is 12.7. The molecule has 2 amide bonds. The van der Waals surface area contributed by atoms with Crippen LogP contribution in [0.1, 0.15) is 16.6 Å². The van der Waals surface area contributed by atoms with Crippen molar-refractivity contribution in [1.29, 1.82) is 0 Å². The summed E-state index contributed by atoms with van der Waals surface area (Å²) in [5.41, 5.74) is -0.762. The molecule has 0 saturated heterocycles. The number of allylic oxidation sites excluding steroid dienone is 1. The van der Waals surface area contributed by atoms with Crippen LogP contribution >= 0.6 is 23.1 Å². The van der Waals surface area contributed by atoms with Crippen molar-refractivity contribution in [2.24, 2.45) is 4.99 Å². The van der Waals surface area contributed by atoms with Gasteiger partial charge in [0.1, 0.15) is 9.77 Å². The first-order chi connectivity index (χ1) is 11.2. The van der Waals surface area contributed by atoms with Gasteiger partial charge in [-0.1, -0.05) is 11.8 Å². The van der Waals surface area contributed by atoms with Gasteiger partial charge in [-0.2, -0.15) is 0 Å². The van der Waals surface area contributed by atoms with E-state index in [-0.39, 0.29) is 4.88 Å². The molecule has 0 radical (unpaired) electrons. The number of thiophene rings is 1.